The van der Waals surface area contributed by atoms with Gasteiger partial charge in [-0.2, -0.15) is 0 Å². The minimum Gasteiger partial charge on any atom is -0.496 e. The summed E-state index contributed by atoms with van der Waals surface area (Å²) in [6.07, 6.45) is 0.925. The van der Waals surface area contributed by atoms with Gasteiger partial charge in [-0.25, -0.2) is 0 Å². The molecule has 0 radical (unpaired) electrons. The fourth-order valence-corrected chi connectivity index (χ4v) is 2.29. The number of nitrogens with zero attached hydrogens (tertiary/aromatic N) is 1. The average molecular weight is 335 g/mol. The lowest BCUT2D eigenvalue weighted by Gasteiger charge is -2.22. The number of hydrogen-bond acceptors (Lipinski definition) is 2. The molecule has 0 fully saturated rings. The van der Waals surface area contributed by atoms with Crippen LogP contribution in [0.3, 0.4) is 0 Å². The predicted octanol–water partition coefficient (Wildman–Crippen LogP) is 3.60. The SMILES string of the molecule is CCCN(CCBr)C(=O)c1ccc(Cl)cc1OC. The number of amides is 1. The molecular formula is C13H17BrClNO2. The molecule has 5 heteroatoms. The number of halogens is 2. The van der Waals surface area contributed by atoms with Crippen LogP contribution in [0.25, 0.3) is 0 Å². The van der Waals surface area contributed by atoms with Crippen LogP contribution in [0.5, 0.6) is 5.75 Å². The first-order valence-electron chi connectivity index (χ1n) is 5.82. The van der Waals surface area contributed by atoms with Crippen molar-refractivity contribution in [3.63, 3.8) is 0 Å². The van der Waals surface area contributed by atoms with Gasteiger partial charge in [0.05, 0.1) is 12.7 Å². The molecule has 1 amide bonds. The molecule has 0 saturated heterocycles. The first-order valence-corrected chi connectivity index (χ1v) is 7.32. The van der Waals surface area contributed by atoms with Gasteiger partial charge in [-0.05, 0) is 24.6 Å². The molecule has 1 aromatic rings. The van der Waals surface area contributed by atoms with E-state index in [1.165, 1.54) is 7.11 Å². The lowest BCUT2D eigenvalue weighted by molar-refractivity contribution is 0.0763. The summed E-state index contributed by atoms with van der Waals surface area (Å²) in [5.41, 5.74) is 0.552. The van der Waals surface area contributed by atoms with Crippen LogP contribution in [0.2, 0.25) is 5.02 Å². The quantitative estimate of drug-likeness (QED) is 0.744. The number of carbonyl (C=O) groups excluding carboxylic acids is 1. The van der Waals surface area contributed by atoms with E-state index in [9.17, 15) is 4.79 Å². The van der Waals surface area contributed by atoms with E-state index >= 15 is 0 Å². The van der Waals surface area contributed by atoms with Gasteiger partial charge in [-0.1, -0.05) is 34.5 Å². The van der Waals surface area contributed by atoms with Crippen LogP contribution in [0.1, 0.15) is 23.7 Å². The molecule has 0 aliphatic rings. The van der Waals surface area contributed by atoms with Crippen LogP contribution in [-0.2, 0) is 0 Å². The maximum atomic E-state index is 12.4. The second-order valence-electron chi connectivity index (χ2n) is 3.83. The molecule has 0 aliphatic heterocycles. The van der Waals surface area contributed by atoms with Gasteiger partial charge in [0, 0.05) is 23.4 Å². The zero-order chi connectivity index (χ0) is 13.5. The van der Waals surface area contributed by atoms with Gasteiger partial charge in [-0.15, -0.1) is 0 Å². The normalized spacial score (nSPS) is 10.2. The van der Waals surface area contributed by atoms with Crippen LogP contribution in [0.4, 0.5) is 0 Å². The Hall–Kier alpha value is -0.740. The van der Waals surface area contributed by atoms with E-state index in [0.717, 1.165) is 18.3 Å². The molecule has 0 atom stereocenters. The molecule has 0 saturated carbocycles. The molecule has 1 aromatic carbocycles. The molecule has 1 rings (SSSR count). The molecule has 3 nitrogen and oxygen atoms in total. The Kier molecular flexibility index (Phi) is 6.50. The van der Waals surface area contributed by atoms with Gasteiger partial charge in [0.2, 0.25) is 0 Å². The maximum absolute atomic E-state index is 12.4. The standard InChI is InChI=1S/C13H17BrClNO2/c1-3-7-16(8-6-14)13(17)11-5-4-10(15)9-12(11)18-2/h4-5,9H,3,6-8H2,1-2H3. The third-order valence-corrected chi connectivity index (χ3v) is 3.12. The van der Waals surface area contributed by atoms with Crippen molar-refractivity contribution in [3.05, 3.63) is 28.8 Å². The van der Waals surface area contributed by atoms with E-state index in [-0.39, 0.29) is 5.91 Å². The summed E-state index contributed by atoms with van der Waals surface area (Å²) in [5.74, 6) is 0.494. The van der Waals surface area contributed by atoms with Crippen LogP contribution in [0.15, 0.2) is 18.2 Å². The lowest BCUT2D eigenvalue weighted by atomic mass is 10.1. The largest absolute Gasteiger partial charge is 0.496 e. The topological polar surface area (TPSA) is 29.5 Å². The Morgan fingerprint density at radius 1 is 1.44 bits per heavy atom. The first-order chi connectivity index (χ1) is 8.63. The van der Waals surface area contributed by atoms with Gasteiger partial charge in [-0.3, -0.25) is 4.79 Å². The number of ether oxygens (including phenoxy) is 1. The molecular weight excluding hydrogens is 318 g/mol. The Morgan fingerprint density at radius 3 is 2.72 bits per heavy atom. The van der Waals surface area contributed by atoms with Crippen LogP contribution in [-0.4, -0.2) is 36.3 Å². The highest BCUT2D eigenvalue weighted by Crippen LogP contribution is 2.24. The Morgan fingerprint density at radius 2 is 2.17 bits per heavy atom. The smallest absolute Gasteiger partial charge is 0.257 e. The predicted molar refractivity (Wildman–Crippen MR) is 78.0 cm³/mol. The van der Waals surface area contributed by atoms with Crippen molar-refractivity contribution in [1.29, 1.82) is 0 Å². The fraction of sp³-hybridized carbons (Fsp3) is 0.462. The van der Waals surface area contributed by atoms with E-state index in [1.807, 2.05) is 6.92 Å². The molecule has 0 unspecified atom stereocenters. The summed E-state index contributed by atoms with van der Waals surface area (Å²) in [6, 6.07) is 5.07. The second-order valence-corrected chi connectivity index (χ2v) is 5.06. The number of rotatable bonds is 6. The molecule has 0 spiro atoms. The lowest BCUT2D eigenvalue weighted by Crippen LogP contribution is -2.33. The minimum atomic E-state index is -0.0233. The summed E-state index contributed by atoms with van der Waals surface area (Å²) in [5, 5.41) is 1.32. The third-order valence-electron chi connectivity index (χ3n) is 2.53. The molecule has 0 aliphatic carbocycles. The summed E-state index contributed by atoms with van der Waals surface area (Å²) in [6.45, 7) is 3.46. The van der Waals surface area contributed by atoms with Gasteiger partial charge in [0.1, 0.15) is 5.75 Å². The highest BCUT2D eigenvalue weighted by Gasteiger charge is 2.18. The Balaban J connectivity index is 3.00. The van der Waals surface area contributed by atoms with Crippen LogP contribution < -0.4 is 4.74 Å². The molecule has 0 aromatic heterocycles. The van der Waals surface area contributed by atoms with Crippen molar-refractivity contribution in [2.45, 2.75) is 13.3 Å². The Labute approximate surface area is 121 Å². The monoisotopic (exact) mass is 333 g/mol. The number of hydrogen-bond donors (Lipinski definition) is 0. The number of benzene rings is 1. The first kappa shape index (κ1) is 15.3. The molecule has 0 bridgehead atoms. The highest BCUT2D eigenvalue weighted by molar-refractivity contribution is 9.09. The molecule has 100 valence electrons. The van der Waals surface area contributed by atoms with Crippen molar-refractivity contribution in [2.24, 2.45) is 0 Å². The number of alkyl halides is 1. The van der Waals surface area contributed by atoms with Gasteiger partial charge in [0.15, 0.2) is 0 Å². The van der Waals surface area contributed by atoms with E-state index in [2.05, 4.69) is 15.9 Å². The van der Waals surface area contributed by atoms with Gasteiger partial charge < -0.3 is 9.64 Å². The van der Waals surface area contributed by atoms with Gasteiger partial charge in [0.25, 0.3) is 5.91 Å². The Bertz CT molecular complexity index is 406. The van der Waals surface area contributed by atoms with E-state index in [4.69, 9.17) is 16.3 Å². The van der Waals surface area contributed by atoms with Crippen molar-refractivity contribution in [2.75, 3.05) is 25.5 Å². The van der Waals surface area contributed by atoms with Crippen molar-refractivity contribution in [3.8, 4) is 5.75 Å². The molecule has 18 heavy (non-hydrogen) atoms. The summed E-state index contributed by atoms with van der Waals surface area (Å²) in [7, 11) is 1.54. The highest BCUT2D eigenvalue weighted by atomic mass is 79.9. The van der Waals surface area contributed by atoms with Gasteiger partial charge >= 0.3 is 0 Å². The number of methoxy groups -OCH3 is 1. The second kappa shape index (κ2) is 7.64. The van der Waals surface area contributed by atoms with Crippen molar-refractivity contribution in [1.82, 2.24) is 4.90 Å². The minimum absolute atomic E-state index is 0.0233. The van der Waals surface area contributed by atoms with E-state index < -0.39 is 0 Å². The zero-order valence-electron chi connectivity index (χ0n) is 10.6. The van der Waals surface area contributed by atoms with Crippen molar-refractivity contribution >= 4 is 33.4 Å². The molecule has 0 heterocycles. The summed E-state index contributed by atoms with van der Waals surface area (Å²) >= 11 is 9.25. The fourth-order valence-electron chi connectivity index (χ4n) is 1.70. The number of carbonyl (C=O) groups is 1. The average Bonchev–Trinajstić information content (AvgIpc) is 2.37. The van der Waals surface area contributed by atoms with E-state index in [0.29, 0.717) is 22.9 Å². The maximum Gasteiger partial charge on any atom is 0.257 e. The van der Waals surface area contributed by atoms with Crippen molar-refractivity contribution < 1.29 is 9.53 Å². The molecule has 0 N–H and O–H groups in total. The zero-order valence-corrected chi connectivity index (χ0v) is 12.9. The van der Waals surface area contributed by atoms with E-state index in [1.54, 1.807) is 23.1 Å². The van der Waals surface area contributed by atoms with Crippen LogP contribution in [0, 0.1) is 0 Å². The summed E-state index contributed by atoms with van der Waals surface area (Å²) < 4.78 is 5.21. The summed E-state index contributed by atoms with van der Waals surface area (Å²) in [4.78, 5) is 14.2. The third kappa shape index (κ3) is 3.89. The van der Waals surface area contributed by atoms with Crippen LogP contribution >= 0.6 is 27.5 Å².